The molecule has 1 aliphatic heterocycles. The van der Waals surface area contributed by atoms with Crippen molar-refractivity contribution >= 4 is 23.3 Å². The Balaban J connectivity index is 1.40. The number of carbonyl (C=O) groups excluding carboxylic acids is 2. The predicted octanol–water partition coefficient (Wildman–Crippen LogP) is 2.06. The summed E-state index contributed by atoms with van der Waals surface area (Å²) in [6.07, 6.45) is 0.931. The number of thiazole rings is 1. The molecular formula is C19H27N5O3S. The molecule has 1 aliphatic rings. The molecule has 0 bridgehead atoms. The van der Waals surface area contributed by atoms with E-state index in [0.29, 0.717) is 57.3 Å². The van der Waals surface area contributed by atoms with Crippen molar-refractivity contribution < 1.29 is 14.0 Å². The maximum atomic E-state index is 12.4. The zero-order chi connectivity index (χ0) is 19.9. The van der Waals surface area contributed by atoms with Crippen LogP contribution in [0.15, 0.2) is 21.9 Å². The number of hydrogen-bond donors (Lipinski definition) is 2. The summed E-state index contributed by atoms with van der Waals surface area (Å²) in [4.78, 5) is 32.4. The van der Waals surface area contributed by atoms with Crippen LogP contribution in [0.5, 0.6) is 0 Å². The first-order chi connectivity index (χ1) is 13.5. The molecule has 28 heavy (non-hydrogen) atoms. The monoisotopic (exact) mass is 405 g/mol. The van der Waals surface area contributed by atoms with Gasteiger partial charge in [-0.05, 0) is 25.5 Å². The van der Waals surface area contributed by atoms with Crippen LogP contribution < -0.4 is 10.6 Å². The van der Waals surface area contributed by atoms with Gasteiger partial charge < -0.3 is 20.0 Å². The van der Waals surface area contributed by atoms with Crippen LogP contribution in [-0.4, -0.2) is 66.0 Å². The minimum absolute atomic E-state index is 0.0451. The molecule has 0 unspecified atom stereocenters. The van der Waals surface area contributed by atoms with E-state index in [4.69, 9.17) is 4.42 Å². The molecule has 152 valence electrons. The summed E-state index contributed by atoms with van der Waals surface area (Å²) in [5.74, 6) is 1.45. The normalized spacial score (nSPS) is 14.9. The predicted molar refractivity (Wildman–Crippen MR) is 108 cm³/mol. The molecule has 3 heterocycles. The highest BCUT2D eigenvalue weighted by Gasteiger charge is 2.22. The van der Waals surface area contributed by atoms with Crippen LogP contribution in [0.25, 0.3) is 11.5 Å². The molecule has 2 aromatic rings. The van der Waals surface area contributed by atoms with Gasteiger partial charge in [-0.25, -0.2) is 9.78 Å². The van der Waals surface area contributed by atoms with Gasteiger partial charge in [-0.1, -0.05) is 6.92 Å². The third-order valence-corrected chi connectivity index (χ3v) is 5.32. The minimum Gasteiger partial charge on any atom is -0.458 e. The van der Waals surface area contributed by atoms with E-state index < -0.39 is 0 Å². The number of hydrogen-bond acceptors (Lipinski definition) is 6. The number of aryl methyl sites for hydroxylation is 1. The van der Waals surface area contributed by atoms with Gasteiger partial charge in [0, 0.05) is 38.1 Å². The fourth-order valence-corrected chi connectivity index (χ4v) is 3.60. The maximum Gasteiger partial charge on any atom is 0.317 e. The van der Waals surface area contributed by atoms with Crippen LogP contribution in [0.2, 0.25) is 0 Å². The largest absolute Gasteiger partial charge is 0.458 e. The van der Waals surface area contributed by atoms with E-state index >= 15 is 0 Å². The summed E-state index contributed by atoms with van der Waals surface area (Å²) in [6, 6.07) is 3.62. The van der Waals surface area contributed by atoms with Crippen LogP contribution in [0.3, 0.4) is 0 Å². The van der Waals surface area contributed by atoms with Crippen molar-refractivity contribution in [2.24, 2.45) is 0 Å². The first kappa shape index (κ1) is 20.3. The molecule has 0 atom stereocenters. The number of rotatable bonds is 7. The molecular weight excluding hydrogens is 378 g/mol. The lowest BCUT2D eigenvalue weighted by Crippen LogP contribution is -2.53. The van der Waals surface area contributed by atoms with Gasteiger partial charge in [-0.15, -0.1) is 11.3 Å². The molecule has 1 saturated heterocycles. The van der Waals surface area contributed by atoms with Crippen LogP contribution in [0.1, 0.15) is 24.1 Å². The summed E-state index contributed by atoms with van der Waals surface area (Å²) >= 11 is 1.58. The number of furan rings is 1. The number of aromatic nitrogens is 1. The number of nitrogens with one attached hydrogen (secondary N) is 2. The fourth-order valence-electron chi connectivity index (χ4n) is 2.99. The average molecular weight is 406 g/mol. The lowest BCUT2D eigenvalue weighted by atomic mass is 10.3. The summed E-state index contributed by atoms with van der Waals surface area (Å²) in [5.41, 5.74) is 0.819. The molecule has 2 aromatic heterocycles. The Morgan fingerprint density at radius 1 is 1.21 bits per heavy atom. The van der Waals surface area contributed by atoms with Crippen molar-refractivity contribution in [1.29, 1.82) is 0 Å². The molecule has 3 amide bonds. The number of carbonyl (C=O) groups is 2. The topological polar surface area (TPSA) is 90.7 Å². The smallest absolute Gasteiger partial charge is 0.317 e. The highest BCUT2D eigenvalue weighted by Crippen LogP contribution is 2.23. The Kier molecular flexibility index (Phi) is 7.05. The van der Waals surface area contributed by atoms with E-state index in [-0.39, 0.29) is 11.9 Å². The van der Waals surface area contributed by atoms with E-state index in [2.05, 4.69) is 20.5 Å². The van der Waals surface area contributed by atoms with Gasteiger partial charge in [0.15, 0.2) is 5.76 Å². The van der Waals surface area contributed by atoms with Gasteiger partial charge in [0.2, 0.25) is 5.91 Å². The highest BCUT2D eigenvalue weighted by atomic mass is 32.1. The van der Waals surface area contributed by atoms with Gasteiger partial charge >= 0.3 is 6.03 Å². The second-order valence-electron chi connectivity index (χ2n) is 6.79. The molecule has 1 fully saturated rings. The average Bonchev–Trinajstić information content (AvgIpc) is 3.34. The summed E-state index contributed by atoms with van der Waals surface area (Å²) in [7, 11) is 0. The first-order valence-electron chi connectivity index (χ1n) is 9.58. The van der Waals surface area contributed by atoms with Gasteiger partial charge in [0.05, 0.1) is 18.1 Å². The van der Waals surface area contributed by atoms with Crippen molar-refractivity contribution in [2.75, 3.05) is 39.3 Å². The molecule has 0 saturated carbocycles. The van der Waals surface area contributed by atoms with Gasteiger partial charge in [-0.2, -0.15) is 0 Å². The van der Waals surface area contributed by atoms with Crippen LogP contribution in [-0.2, 0) is 11.3 Å². The Bertz CT molecular complexity index is 795. The van der Waals surface area contributed by atoms with Gasteiger partial charge in [0.1, 0.15) is 11.5 Å². The van der Waals surface area contributed by atoms with Gasteiger partial charge in [-0.3, -0.25) is 9.69 Å². The number of amides is 3. The van der Waals surface area contributed by atoms with Crippen molar-refractivity contribution in [1.82, 2.24) is 25.4 Å². The molecule has 0 radical (unpaired) electrons. The molecule has 2 N–H and O–H groups in total. The summed E-state index contributed by atoms with van der Waals surface area (Å²) in [6.45, 7) is 8.02. The Labute approximate surface area is 168 Å². The maximum absolute atomic E-state index is 12.4. The molecule has 9 heteroatoms. The lowest BCUT2D eigenvalue weighted by molar-refractivity contribution is -0.122. The van der Waals surface area contributed by atoms with E-state index in [1.807, 2.05) is 31.4 Å². The summed E-state index contributed by atoms with van der Waals surface area (Å²) in [5, 5.41) is 8.73. The third-order valence-electron chi connectivity index (χ3n) is 4.55. The summed E-state index contributed by atoms with van der Waals surface area (Å²) < 4.78 is 5.77. The van der Waals surface area contributed by atoms with E-state index in [1.54, 1.807) is 16.2 Å². The Hall–Kier alpha value is -2.39. The van der Waals surface area contributed by atoms with Crippen molar-refractivity contribution in [3.63, 3.8) is 0 Å². The first-order valence-corrected chi connectivity index (χ1v) is 10.5. The standard InChI is InChI=1S/C19H27N5O3S/c1-3-6-20-18(25)12-23-7-9-24(10-8-23)19(26)21-11-15-4-5-17(27-15)16-13-28-14(2)22-16/h4-5,13H,3,6-12H2,1-2H3,(H,20,25)(H,21,26). The van der Waals surface area contributed by atoms with E-state index in [0.717, 1.165) is 17.1 Å². The second kappa shape index (κ2) is 9.70. The zero-order valence-corrected chi connectivity index (χ0v) is 17.2. The molecule has 3 rings (SSSR count). The second-order valence-corrected chi connectivity index (χ2v) is 7.85. The third kappa shape index (κ3) is 5.56. The molecule has 0 aliphatic carbocycles. The van der Waals surface area contributed by atoms with Crippen molar-refractivity contribution in [3.05, 3.63) is 28.3 Å². The van der Waals surface area contributed by atoms with E-state index in [1.165, 1.54) is 0 Å². The minimum atomic E-state index is -0.113. The zero-order valence-electron chi connectivity index (χ0n) is 16.4. The van der Waals surface area contributed by atoms with Crippen LogP contribution in [0.4, 0.5) is 4.79 Å². The quantitative estimate of drug-likeness (QED) is 0.736. The molecule has 0 aromatic carbocycles. The lowest BCUT2D eigenvalue weighted by Gasteiger charge is -2.34. The highest BCUT2D eigenvalue weighted by molar-refractivity contribution is 7.09. The van der Waals surface area contributed by atoms with Gasteiger partial charge in [0.25, 0.3) is 0 Å². The van der Waals surface area contributed by atoms with Crippen molar-refractivity contribution in [3.8, 4) is 11.5 Å². The Morgan fingerprint density at radius 3 is 2.68 bits per heavy atom. The Morgan fingerprint density at radius 2 is 2.00 bits per heavy atom. The number of nitrogens with zero attached hydrogens (tertiary/aromatic N) is 3. The molecule has 0 spiro atoms. The van der Waals surface area contributed by atoms with Crippen molar-refractivity contribution in [2.45, 2.75) is 26.8 Å². The fraction of sp³-hybridized carbons (Fsp3) is 0.526. The van der Waals surface area contributed by atoms with Crippen LogP contribution >= 0.6 is 11.3 Å². The number of urea groups is 1. The SMILES string of the molecule is CCCNC(=O)CN1CCN(C(=O)NCc2ccc(-c3csc(C)n3)o2)CC1. The number of piperazine rings is 1. The molecule has 8 nitrogen and oxygen atoms in total. The van der Waals surface area contributed by atoms with Crippen LogP contribution in [0, 0.1) is 6.92 Å². The van der Waals surface area contributed by atoms with E-state index in [9.17, 15) is 9.59 Å².